The summed E-state index contributed by atoms with van der Waals surface area (Å²) >= 11 is 0. The standard InChI is InChI=1S/C25H29N3O2S/c1-20-6-8-23(9-7-20)28(31(29,30)25-5-3-4-21(2)18-25)24-12-16-27(17-13-24)19-22-10-14-26-15-11-22/h3-11,14-15,18,24H,12-13,16-17,19H2,1-2H3. The molecule has 0 aliphatic carbocycles. The van der Waals surface area contributed by atoms with E-state index in [-0.39, 0.29) is 6.04 Å². The van der Waals surface area contributed by atoms with Crippen LogP contribution in [0.4, 0.5) is 5.69 Å². The number of pyridine rings is 1. The first-order valence-electron chi connectivity index (χ1n) is 10.7. The molecule has 5 nitrogen and oxygen atoms in total. The molecule has 3 aromatic rings. The van der Waals surface area contributed by atoms with Gasteiger partial charge in [0.05, 0.1) is 10.6 Å². The van der Waals surface area contributed by atoms with Crippen LogP contribution < -0.4 is 4.31 Å². The van der Waals surface area contributed by atoms with Gasteiger partial charge >= 0.3 is 0 Å². The SMILES string of the molecule is Cc1ccc(N(C2CCN(Cc3ccncc3)CC2)S(=O)(=O)c2cccc(C)c2)cc1. The summed E-state index contributed by atoms with van der Waals surface area (Å²) in [6, 6.07) is 19.0. The van der Waals surface area contributed by atoms with Crippen molar-refractivity contribution in [3.63, 3.8) is 0 Å². The van der Waals surface area contributed by atoms with Crippen molar-refractivity contribution >= 4 is 15.7 Å². The minimum atomic E-state index is -3.66. The summed E-state index contributed by atoms with van der Waals surface area (Å²) in [5.41, 5.74) is 4.02. The van der Waals surface area contributed by atoms with E-state index in [9.17, 15) is 8.42 Å². The van der Waals surface area contributed by atoms with Gasteiger partial charge in [-0.15, -0.1) is 0 Å². The highest BCUT2D eigenvalue weighted by Crippen LogP contribution is 2.31. The Morgan fingerprint density at radius 1 is 0.935 bits per heavy atom. The van der Waals surface area contributed by atoms with E-state index in [2.05, 4.69) is 9.88 Å². The number of hydrogen-bond acceptors (Lipinski definition) is 4. The van der Waals surface area contributed by atoms with Crippen molar-refractivity contribution in [3.8, 4) is 0 Å². The van der Waals surface area contributed by atoms with Crippen molar-refractivity contribution in [3.05, 3.63) is 89.7 Å². The fourth-order valence-electron chi connectivity index (χ4n) is 4.19. The van der Waals surface area contributed by atoms with Crippen LogP contribution >= 0.6 is 0 Å². The maximum atomic E-state index is 13.7. The molecule has 1 aliphatic rings. The Bertz CT molecular complexity index is 1110. The largest absolute Gasteiger partial charge is 0.299 e. The number of anilines is 1. The number of aromatic nitrogens is 1. The summed E-state index contributed by atoms with van der Waals surface area (Å²) in [5.74, 6) is 0. The molecule has 0 bridgehead atoms. The summed E-state index contributed by atoms with van der Waals surface area (Å²) in [5, 5.41) is 0. The van der Waals surface area contributed by atoms with Crippen LogP contribution in [0.1, 0.15) is 29.5 Å². The van der Waals surface area contributed by atoms with Gasteiger partial charge < -0.3 is 0 Å². The van der Waals surface area contributed by atoms with E-state index in [1.54, 1.807) is 16.4 Å². The minimum absolute atomic E-state index is 0.0677. The molecule has 1 aliphatic heterocycles. The molecule has 4 rings (SSSR count). The number of nitrogens with zero attached hydrogens (tertiary/aromatic N) is 3. The van der Waals surface area contributed by atoms with Crippen LogP contribution in [-0.4, -0.2) is 37.4 Å². The second-order valence-electron chi connectivity index (χ2n) is 8.32. The Labute approximate surface area is 185 Å². The molecule has 0 amide bonds. The third kappa shape index (κ3) is 4.97. The molecule has 2 aromatic carbocycles. The monoisotopic (exact) mass is 435 g/mol. The minimum Gasteiger partial charge on any atom is -0.299 e. The zero-order valence-electron chi connectivity index (χ0n) is 18.1. The molecule has 0 radical (unpaired) electrons. The maximum Gasteiger partial charge on any atom is 0.264 e. The zero-order valence-corrected chi connectivity index (χ0v) is 18.9. The number of hydrogen-bond donors (Lipinski definition) is 0. The maximum absolute atomic E-state index is 13.7. The first-order chi connectivity index (χ1) is 14.9. The molecular weight excluding hydrogens is 406 g/mol. The Kier molecular flexibility index (Phi) is 6.39. The van der Waals surface area contributed by atoms with Crippen LogP contribution in [0.2, 0.25) is 0 Å². The quantitative estimate of drug-likeness (QED) is 0.570. The predicted molar refractivity (Wildman–Crippen MR) is 125 cm³/mol. The second kappa shape index (κ2) is 9.20. The first kappa shape index (κ1) is 21.5. The molecule has 0 spiro atoms. The van der Waals surface area contributed by atoms with E-state index >= 15 is 0 Å². The number of sulfonamides is 1. The van der Waals surface area contributed by atoms with Gasteiger partial charge in [-0.1, -0.05) is 29.8 Å². The van der Waals surface area contributed by atoms with Gasteiger partial charge in [0, 0.05) is 38.1 Å². The highest BCUT2D eigenvalue weighted by Gasteiger charge is 2.34. The van der Waals surface area contributed by atoms with E-state index in [4.69, 9.17) is 0 Å². The molecule has 1 aromatic heterocycles. The molecule has 31 heavy (non-hydrogen) atoms. The third-order valence-electron chi connectivity index (χ3n) is 5.88. The normalized spacial score (nSPS) is 15.7. The number of rotatable bonds is 6. The van der Waals surface area contributed by atoms with Gasteiger partial charge in [-0.25, -0.2) is 8.42 Å². The summed E-state index contributed by atoms with van der Waals surface area (Å²) in [7, 11) is -3.66. The van der Waals surface area contributed by atoms with E-state index < -0.39 is 10.0 Å². The number of likely N-dealkylation sites (tertiary alicyclic amines) is 1. The van der Waals surface area contributed by atoms with Crippen LogP contribution in [0.25, 0.3) is 0 Å². The average molecular weight is 436 g/mol. The van der Waals surface area contributed by atoms with Crippen LogP contribution in [0.5, 0.6) is 0 Å². The van der Waals surface area contributed by atoms with E-state index in [1.165, 1.54) is 5.56 Å². The van der Waals surface area contributed by atoms with Crippen molar-refractivity contribution in [2.45, 2.75) is 44.2 Å². The lowest BCUT2D eigenvalue weighted by atomic mass is 10.0. The van der Waals surface area contributed by atoms with Crippen molar-refractivity contribution in [1.29, 1.82) is 0 Å². The van der Waals surface area contributed by atoms with Crippen LogP contribution in [0.15, 0.2) is 78.0 Å². The fourth-order valence-corrected chi connectivity index (χ4v) is 6.00. The number of piperidine rings is 1. The molecule has 0 N–H and O–H groups in total. The molecule has 2 heterocycles. The molecule has 1 fully saturated rings. The predicted octanol–water partition coefficient (Wildman–Crippen LogP) is 4.56. The molecule has 0 atom stereocenters. The van der Waals surface area contributed by atoms with Gasteiger partial charge in [0.15, 0.2) is 0 Å². The zero-order chi connectivity index (χ0) is 21.8. The first-order valence-corrected chi connectivity index (χ1v) is 12.2. The van der Waals surface area contributed by atoms with Gasteiger partial charge in [0.25, 0.3) is 10.0 Å². The van der Waals surface area contributed by atoms with Crippen molar-refractivity contribution in [1.82, 2.24) is 9.88 Å². The lowest BCUT2D eigenvalue weighted by molar-refractivity contribution is 0.206. The molecule has 0 unspecified atom stereocenters. The highest BCUT2D eigenvalue weighted by atomic mass is 32.2. The smallest absolute Gasteiger partial charge is 0.264 e. The summed E-state index contributed by atoms with van der Waals surface area (Å²) in [6.45, 7) is 6.52. The van der Waals surface area contributed by atoms with Crippen molar-refractivity contribution in [2.24, 2.45) is 0 Å². The second-order valence-corrected chi connectivity index (χ2v) is 10.1. The fraction of sp³-hybridized carbons (Fsp3) is 0.320. The Morgan fingerprint density at radius 3 is 2.26 bits per heavy atom. The lowest BCUT2D eigenvalue weighted by Crippen LogP contribution is -2.47. The van der Waals surface area contributed by atoms with Gasteiger partial charge in [-0.2, -0.15) is 0 Å². The Morgan fingerprint density at radius 2 is 1.61 bits per heavy atom. The Balaban J connectivity index is 1.59. The summed E-state index contributed by atoms with van der Waals surface area (Å²) < 4.78 is 29.2. The lowest BCUT2D eigenvalue weighted by Gasteiger charge is -2.39. The number of aryl methyl sites for hydroxylation is 2. The van der Waals surface area contributed by atoms with Crippen LogP contribution in [0, 0.1) is 13.8 Å². The number of benzene rings is 2. The molecule has 0 saturated carbocycles. The van der Waals surface area contributed by atoms with Crippen LogP contribution in [0.3, 0.4) is 0 Å². The summed E-state index contributed by atoms with van der Waals surface area (Å²) in [6.07, 6.45) is 5.22. The van der Waals surface area contributed by atoms with Gasteiger partial charge in [0.2, 0.25) is 0 Å². The summed E-state index contributed by atoms with van der Waals surface area (Å²) in [4.78, 5) is 6.82. The van der Waals surface area contributed by atoms with Gasteiger partial charge in [0.1, 0.15) is 0 Å². The highest BCUT2D eigenvalue weighted by molar-refractivity contribution is 7.92. The van der Waals surface area contributed by atoms with Gasteiger partial charge in [-0.3, -0.25) is 14.2 Å². The average Bonchev–Trinajstić information content (AvgIpc) is 2.77. The molecule has 6 heteroatoms. The topological polar surface area (TPSA) is 53.5 Å². The van der Waals surface area contributed by atoms with E-state index in [1.807, 2.05) is 74.8 Å². The van der Waals surface area contributed by atoms with Crippen molar-refractivity contribution in [2.75, 3.05) is 17.4 Å². The van der Waals surface area contributed by atoms with Crippen LogP contribution in [-0.2, 0) is 16.6 Å². The van der Waals surface area contributed by atoms with E-state index in [0.717, 1.165) is 49.3 Å². The Hall–Kier alpha value is -2.70. The van der Waals surface area contributed by atoms with Crippen molar-refractivity contribution < 1.29 is 8.42 Å². The van der Waals surface area contributed by atoms with E-state index in [0.29, 0.717) is 4.90 Å². The molecule has 162 valence electrons. The third-order valence-corrected chi connectivity index (χ3v) is 7.76. The van der Waals surface area contributed by atoms with Gasteiger partial charge in [-0.05, 0) is 74.2 Å². The molecule has 1 saturated heterocycles. The molecular formula is C25H29N3O2S.